The minimum absolute atomic E-state index is 0.124. The topological polar surface area (TPSA) is 22.1 Å². The molecule has 0 fully saturated rings. The van der Waals surface area contributed by atoms with Crippen LogP contribution in [0.1, 0.15) is 6.42 Å². The third kappa shape index (κ3) is 2.48. The molecule has 0 atom stereocenters. The molecule has 0 aromatic carbocycles. The highest BCUT2D eigenvalue weighted by atomic mass is 19.2. The fourth-order valence-corrected chi connectivity index (χ4v) is 0.769. The Morgan fingerprint density at radius 3 is 2.71 bits per heavy atom. The number of pyridine rings is 1. The summed E-state index contributed by atoms with van der Waals surface area (Å²) in [5.74, 6) is -4.27. The van der Waals surface area contributed by atoms with Crippen LogP contribution in [0, 0.1) is 17.6 Å². The molecule has 0 radical (unpaired) electrons. The molecular formula is C9H8F3NO. The molecule has 0 saturated heterocycles. The Labute approximate surface area is 79.0 Å². The summed E-state index contributed by atoms with van der Waals surface area (Å²) in [7, 11) is 0. The third-order valence-electron chi connectivity index (χ3n) is 1.42. The van der Waals surface area contributed by atoms with Crippen molar-refractivity contribution in [1.29, 1.82) is 0 Å². The van der Waals surface area contributed by atoms with Gasteiger partial charge in [0.05, 0.1) is 6.61 Å². The standard InChI is InChI=1S/C9H8F3NO/c1-2-3-4-14-9-7(11)5-6(10)8(12)13-9/h2,5H,1,3-4H2. The zero-order chi connectivity index (χ0) is 10.6. The summed E-state index contributed by atoms with van der Waals surface area (Å²) < 4.78 is 42.5. The van der Waals surface area contributed by atoms with Crippen molar-refractivity contribution in [2.24, 2.45) is 0 Å². The average Bonchev–Trinajstić information content (AvgIpc) is 2.14. The lowest BCUT2D eigenvalue weighted by Crippen LogP contribution is -2.03. The summed E-state index contributed by atoms with van der Waals surface area (Å²) in [5, 5.41) is 0. The first-order valence-electron chi connectivity index (χ1n) is 3.90. The van der Waals surface area contributed by atoms with Gasteiger partial charge in [-0.3, -0.25) is 0 Å². The number of hydrogen-bond donors (Lipinski definition) is 0. The molecule has 1 aromatic rings. The summed E-state index contributed by atoms with van der Waals surface area (Å²) in [6.07, 6.45) is 2.03. The van der Waals surface area contributed by atoms with E-state index in [1.807, 2.05) is 0 Å². The van der Waals surface area contributed by atoms with Gasteiger partial charge in [-0.05, 0) is 6.42 Å². The first-order chi connectivity index (χ1) is 6.65. The molecular weight excluding hydrogens is 195 g/mol. The van der Waals surface area contributed by atoms with Gasteiger partial charge in [-0.15, -0.1) is 6.58 Å². The number of halogens is 3. The number of nitrogens with zero attached hydrogens (tertiary/aromatic N) is 1. The van der Waals surface area contributed by atoms with E-state index in [0.717, 1.165) is 0 Å². The van der Waals surface area contributed by atoms with E-state index in [0.29, 0.717) is 12.5 Å². The molecule has 0 aliphatic carbocycles. The molecule has 1 aromatic heterocycles. The number of ether oxygens (including phenoxy) is 1. The van der Waals surface area contributed by atoms with Gasteiger partial charge in [-0.25, -0.2) is 8.78 Å². The summed E-state index contributed by atoms with van der Waals surface area (Å²) >= 11 is 0. The van der Waals surface area contributed by atoms with E-state index in [9.17, 15) is 13.2 Å². The zero-order valence-corrected chi connectivity index (χ0v) is 7.27. The largest absolute Gasteiger partial charge is 0.475 e. The Balaban J connectivity index is 2.76. The lowest BCUT2D eigenvalue weighted by molar-refractivity contribution is 0.284. The van der Waals surface area contributed by atoms with Crippen LogP contribution in [0.4, 0.5) is 13.2 Å². The fourth-order valence-electron chi connectivity index (χ4n) is 0.769. The van der Waals surface area contributed by atoms with E-state index < -0.39 is 23.5 Å². The number of rotatable bonds is 4. The van der Waals surface area contributed by atoms with Gasteiger partial charge < -0.3 is 4.74 Å². The normalized spacial score (nSPS) is 9.93. The van der Waals surface area contributed by atoms with Crippen molar-refractivity contribution in [1.82, 2.24) is 4.98 Å². The number of aromatic nitrogens is 1. The Morgan fingerprint density at radius 1 is 1.36 bits per heavy atom. The first kappa shape index (κ1) is 10.6. The molecule has 76 valence electrons. The van der Waals surface area contributed by atoms with E-state index in [-0.39, 0.29) is 6.61 Å². The number of hydrogen-bond acceptors (Lipinski definition) is 2. The minimum atomic E-state index is -1.37. The average molecular weight is 203 g/mol. The van der Waals surface area contributed by atoms with Crippen molar-refractivity contribution in [3.8, 4) is 5.88 Å². The SMILES string of the molecule is C=CCCOc1nc(F)c(F)cc1F. The molecule has 0 saturated carbocycles. The maximum absolute atomic E-state index is 12.8. The van der Waals surface area contributed by atoms with Crippen molar-refractivity contribution >= 4 is 0 Å². The molecule has 1 heterocycles. The second-order valence-electron chi connectivity index (χ2n) is 2.47. The third-order valence-corrected chi connectivity index (χ3v) is 1.42. The van der Waals surface area contributed by atoms with Gasteiger partial charge in [0.25, 0.3) is 11.8 Å². The smallest absolute Gasteiger partial charge is 0.253 e. The van der Waals surface area contributed by atoms with Crippen LogP contribution in [-0.4, -0.2) is 11.6 Å². The summed E-state index contributed by atoms with van der Waals surface area (Å²) in [5.41, 5.74) is 0. The summed E-state index contributed by atoms with van der Waals surface area (Å²) in [6.45, 7) is 3.54. The van der Waals surface area contributed by atoms with Gasteiger partial charge in [0, 0.05) is 6.07 Å². The molecule has 0 amide bonds. The van der Waals surface area contributed by atoms with Gasteiger partial charge in [-0.1, -0.05) is 6.08 Å². The predicted molar refractivity (Wildman–Crippen MR) is 44.4 cm³/mol. The summed E-state index contributed by atoms with van der Waals surface area (Å²) in [4.78, 5) is 2.97. The minimum Gasteiger partial charge on any atom is -0.475 e. The lowest BCUT2D eigenvalue weighted by atomic mass is 10.4. The molecule has 0 aliphatic heterocycles. The van der Waals surface area contributed by atoms with Gasteiger partial charge in [0.15, 0.2) is 11.6 Å². The van der Waals surface area contributed by atoms with Gasteiger partial charge in [0.2, 0.25) is 0 Å². The summed E-state index contributed by atoms with van der Waals surface area (Å²) in [6, 6.07) is 0.394. The molecule has 1 rings (SSSR count). The molecule has 14 heavy (non-hydrogen) atoms. The van der Waals surface area contributed by atoms with Crippen molar-refractivity contribution < 1.29 is 17.9 Å². The zero-order valence-electron chi connectivity index (χ0n) is 7.27. The molecule has 0 unspecified atom stereocenters. The van der Waals surface area contributed by atoms with Crippen molar-refractivity contribution in [2.75, 3.05) is 6.61 Å². The molecule has 0 aliphatic rings. The van der Waals surface area contributed by atoms with Crippen LogP contribution in [0.2, 0.25) is 0 Å². The molecule has 0 spiro atoms. The first-order valence-corrected chi connectivity index (χ1v) is 3.90. The molecule has 0 bridgehead atoms. The Hall–Kier alpha value is -1.52. The maximum atomic E-state index is 12.8. The van der Waals surface area contributed by atoms with E-state index in [1.54, 1.807) is 6.08 Å². The van der Waals surface area contributed by atoms with Crippen LogP contribution in [-0.2, 0) is 0 Å². The van der Waals surface area contributed by atoms with Gasteiger partial charge >= 0.3 is 0 Å². The van der Waals surface area contributed by atoms with Gasteiger partial charge in [0.1, 0.15) is 0 Å². The maximum Gasteiger partial charge on any atom is 0.253 e. The Morgan fingerprint density at radius 2 is 2.07 bits per heavy atom. The van der Waals surface area contributed by atoms with E-state index >= 15 is 0 Å². The van der Waals surface area contributed by atoms with Crippen LogP contribution < -0.4 is 4.74 Å². The lowest BCUT2D eigenvalue weighted by Gasteiger charge is -2.04. The molecule has 0 N–H and O–H groups in total. The van der Waals surface area contributed by atoms with Crippen LogP contribution in [0.3, 0.4) is 0 Å². The van der Waals surface area contributed by atoms with Crippen LogP contribution in [0.15, 0.2) is 18.7 Å². The highest BCUT2D eigenvalue weighted by Gasteiger charge is 2.12. The second kappa shape index (κ2) is 4.64. The van der Waals surface area contributed by atoms with Gasteiger partial charge in [-0.2, -0.15) is 9.37 Å². The highest BCUT2D eigenvalue weighted by molar-refractivity contribution is 5.15. The van der Waals surface area contributed by atoms with Crippen molar-refractivity contribution in [3.05, 3.63) is 36.3 Å². The Bertz CT molecular complexity index is 341. The second-order valence-corrected chi connectivity index (χ2v) is 2.47. The van der Waals surface area contributed by atoms with E-state index in [2.05, 4.69) is 11.6 Å². The van der Waals surface area contributed by atoms with Crippen molar-refractivity contribution in [3.63, 3.8) is 0 Å². The molecule has 2 nitrogen and oxygen atoms in total. The van der Waals surface area contributed by atoms with Crippen LogP contribution in [0.5, 0.6) is 5.88 Å². The van der Waals surface area contributed by atoms with E-state index in [4.69, 9.17) is 4.74 Å². The highest BCUT2D eigenvalue weighted by Crippen LogP contribution is 2.16. The fraction of sp³-hybridized carbons (Fsp3) is 0.222. The van der Waals surface area contributed by atoms with E-state index in [1.165, 1.54) is 0 Å². The monoisotopic (exact) mass is 203 g/mol. The predicted octanol–water partition coefficient (Wildman–Crippen LogP) is 2.45. The van der Waals surface area contributed by atoms with Crippen LogP contribution in [0.25, 0.3) is 0 Å². The Kier molecular flexibility index (Phi) is 3.50. The van der Waals surface area contributed by atoms with Crippen molar-refractivity contribution in [2.45, 2.75) is 6.42 Å². The molecule has 5 heteroatoms. The van der Waals surface area contributed by atoms with Crippen LogP contribution >= 0.6 is 0 Å². The quantitative estimate of drug-likeness (QED) is 0.426.